The molecule has 0 fully saturated rings. The van der Waals surface area contributed by atoms with Crippen LogP contribution in [0.1, 0.15) is 33.5 Å². The lowest BCUT2D eigenvalue weighted by Gasteiger charge is -2.13. The second-order valence-corrected chi connectivity index (χ2v) is 6.92. The summed E-state index contributed by atoms with van der Waals surface area (Å²) in [6.07, 6.45) is 1.10. The zero-order valence-electron chi connectivity index (χ0n) is 15.9. The summed E-state index contributed by atoms with van der Waals surface area (Å²) >= 11 is 0. The molecule has 0 saturated carbocycles. The predicted octanol–water partition coefficient (Wildman–Crippen LogP) is 3.26. The van der Waals surface area contributed by atoms with Gasteiger partial charge in [0.2, 0.25) is 11.6 Å². The minimum absolute atomic E-state index is 0.0722. The Morgan fingerprint density at radius 1 is 0.966 bits per heavy atom. The summed E-state index contributed by atoms with van der Waals surface area (Å²) < 4.78 is 0. The molecule has 2 aromatic carbocycles. The minimum Gasteiger partial charge on any atom is -0.504 e. The van der Waals surface area contributed by atoms with Gasteiger partial charge in [-0.2, -0.15) is 0 Å². The van der Waals surface area contributed by atoms with Gasteiger partial charge in [0.15, 0.2) is 11.5 Å². The first-order valence-electron chi connectivity index (χ1n) is 9.19. The van der Waals surface area contributed by atoms with Crippen molar-refractivity contribution < 1.29 is 24.6 Å². The monoisotopic (exact) mass is 391 g/mol. The van der Waals surface area contributed by atoms with Crippen LogP contribution in [0.2, 0.25) is 0 Å². The number of hydrogen-bond acceptors (Lipinski definition) is 5. The van der Waals surface area contributed by atoms with Crippen molar-refractivity contribution in [1.82, 2.24) is 5.32 Å². The van der Waals surface area contributed by atoms with E-state index in [0.29, 0.717) is 24.6 Å². The van der Waals surface area contributed by atoms with E-state index in [1.165, 1.54) is 0 Å². The summed E-state index contributed by atoms with van der Waals surface area (Å²) in [6, 6.07) is 14.8. The number of aliphatic hydroxyl groups is 2. The Balaban J connectivity index is 1.64. The number of carbonyl (C=O) groups excluding carboxylic acids is 3. The van der Waals surface area contributed by atoms with Gasteiger partial charge < -0.3 is 15.5 Å². The van der Waals surface area contributed by atoms with E-state index >= 15 is 0 Å². The molecule has 148 valence electrons. The van der Waals surface area contributed by atoms with Crippen molar-refractivity contribution >= 4 is 17.5 Å². The molecule has 1 aliphatic carbocycles. The zero-order chi connectivity index (χ0) is 21.0. The average molecular weight is 391 g/mol. The van der Waals surface area contributed by atoms with Gasteiger partial charge in [0, 0.05) is 23.8 Å². The van der Waals surface area contributed by atoms with Crippen LogP contribution in [0.3, 0.4) is 0 Å². The molecule has 1 aliphatic rings. The average Bonchev–Trinajstić information content (AvgIpc) is 2.72. The molecule has 0 heterocycles. The smallest absolute Gasteiger partial charge is 0.251 e. The summed E-state index contributed by atoms with van der Waals surface area (Å²) in [6.45, 7) is 2.41. The molecule has 1 amide bonds. The maximum absolute atomic E-state index is 12.4. The van der Waals surface area contributed by atoms with Crippen LogP contribution in [0.25, 0.3) is 0 Å². The Hall–Kier alpha value is -3.67. The SMILES string of the molecule is Cc1ccc(CNC(=O)c2cccc(CCC3=C(O)C(=O)C=C(O)C3=O)c2)cc1. The minimum atomic E-state index is -0.790. The van der Waals surface area contributed by atoms with E-state index in [1.54, 1.807) is 24.3 Å². The van der Waals surface area contributed by atoms with E-state index in [9.17, 15) is 24.6 Å². The highest BCUT2D eigenvalue weighted by Crippen LogP contribution is 2.21. The van der Waals surface area contributed by atoms with Crippen molar-refractivity contribution in [2.24, 2.45) is 0 Å². The van der Waals surface area contributed by atoms with Crippen LogP contribution in [0.4, 0.5) is 0 Å². The molecule has 3 N–H and O–H groups in total. The van der Waals surface area contributed by atoms with Crippen molar-refractivity contribution in [2.75, 3.05) is 0 Å². The number of ketones is 2. The van der Waals surface area contributed by atoms with Gasteiger partial charge in [-0.05, 0) is 43.0 Å². The van der Waals surface area contributed by atoms with Gasteiger partial charge in [-0.25, -0.2) is 0 Å². The van der Waals surface area contributed by atoms with Crippen LogP contribution in [0.5, 0.6) is 0 Å². The van der Waals surface area contributed by atoms with Crippen LogP contribution >= 0.6 is 0 Å². The maximum Gasteiger partial charge on any atom is 0.251 e. The number of allylic oxidation sites excluding steroid dienone is 2. The fourth-order valence-electron chi connectivity index (χ4n) is 3.03. The van der Waals surface area contributed by atoms with Crippen LogP contribution in [0, 0.1) is 6.92 Å². The topological polar surface area (TPSA) is 104 Å². The molecule has 2 aromatic rings. The Labute approximate surface area is 168 Å². The van der Waals surface area contributed by atoms with Crippen molar-refractivity contribution in [3.63, 3.8) is 0 Å². The molecular weight excluding hydrogens is 370 g/mol. The van der Waals surface area contributed by atoms with Crippen LogP contribution in [-0.4, -0.2) is 27.7 Å². The number of carbonyl (C=O) groups is 3. The first kappa shape index (κ1) is 20.1. The first-order chi connectivity index (χ1) is 13.8. The summed E-state index contributed by atoms with van der Waals surface area (Å²) in [5, 5.41) is 22.2. The largest absolute Gasteiger partial charge is 0.504 e. The Bertz CT molecular complexity index is 1030. The zero-order valence-corrected chi connectivity index (χ0v) is 15.9. The normalized spacial score (nSPS) is 14.0. The van der Waals surface area contributed by atoms with Gasteiger partial charge in [0.25, 0.3) is 5.91 Å². The summed E-state index contributed by atoms with van der Waals surface area (Å²) in [7, 11) is 0. The molecule has 29 heavy (non-hydrogen) atoms. The van der Waals surface area contributed by atoms with Gasteiger partial charge in [-0.15, -0.1) is 0 Å². The van der Waals surface area contributed by atoms with Gasteiger partial charge in [-0.1, -0.05) is 42.0 Å². The highest BCUT2D eigenvalue weighted by atomic mass is 16.3. The van der Waals surface area contributed by atoms with Crippen LogP contribution in [-0.2, 0) is 22.6 Å². The standard InChI is InChI=1S/C23H21NO5/c1-14-5-7-16(8-6-14)13-24-23(29)17-4-2-3-15(11-17)9-10-18-21(27)19(25)12-20(26)22(18)28/h2-8,11-12,25,28H,9-10,13H2,1H3,(H,24,29). The number of Topliss-reactive ketones (excluding diaryl/α,β-unsaturated/α-hetero) is 1. The first-order valence-corrected chi connectivity index (χ1v) is 9.19. The molecule has 0 aromatic heterocycles. The molecule has 0 atom stereocenters. The molecule has 3 rings (SSSR count). The molecule has 6 heteroatoms. The third-order valence-electron chi connectivity index (χ3n) is 4.72. The lowest BCUT2D eigenvalue weighted by atomic mass is 9.94. The van der Waals surface area contributed by atoms with E-state index in [-0.39, 0.29) is 17.9 Å². The number of aryl methyl sites for hydroxylation is 2. The molecule has 0 bridgehead atoms. The molecule has 6 nitrogen and oxygen atoms in total. The second kappa shape index (κ2) is 8.56. The molecule has 0 unspecified atom stereocenters. The van der Waals surface area contributed by atoms with Crippen molar-refractivity contribution in [3.8, 4) is 0 Å². The Kier molecular flexibility index (Phi) is 5.93. The number of amides is 1. The van der Waals surface area contributed by atoms with Gasteiger partial charge in [0.1, 0.15) is 0 Å². The Morgan fingerprint density at radius 3 is 2.41 bits per heavy atom. The maximum atomic E-state index is 12.4. The van der Waals surface area contributed by atoms with E-state index in [2.05, 4.69) is 5.32 Å². The fraction of sp³-hybridized carbons (Fsp3) is 0.174. The fourth-order valence-corrected chi connectivity index (χ4v) is 3.03. The molecule has 0 aliphatic heterocycles. The van der Waals surface area contributed by atoms with Crippen LogP contribution < -0.4 is 5.32 Å². The molecule has 0 spiro atoms. The summed E-state index contributed by atoms with van der Waals surface area (Å²) in [4.78, 5) is 36.0. The van der Waals surface area contributed by atoms with Crippen molar-refractivity contribution in [2.45, 2.75) is 26.3 Å². The summed E-state index contributed by atoms with van der Waals surface area (Å²) in [5.74, 6) is -3.08. The predicted molar refractivity (Wildman–Crippen MR) is 107 cm³/mol. The number of hydrogen-bond donors (Lipinski definition) is 3. The number of rotatable bonds is 6. The molecule has 0 saturated heterocycles. The third-order valence-corrected chi connectivity index (χ3v) is 4.72. The van der Waals surface area contributed by atoms with E-state index in [0.717, 1.165) is 16.7 Å². The number of nitrogens with one attached hydrogen (secondary N) is 1. The lowest BCUT2D eigenvalue weighted by molar-refractivity contribution is -0.119. The number of aliphatic hydroxyl groups excluding tert-OH is 2. The highest BCUT2D eigenvalue weighted by molar-refractivity contribution is 6.20. The van der Waals surface area contributed by atoms with Crippen molar-refractivity contribution in [3.05, 3.63) is 94.0 Å². The van der Waals surface area contributed by atoms with E-state index < -0.39 is 23.1 Å². The van der Waals surface area contributed by atoms with Gasteiger partial charge in [0.05, 0.1) is 0 Å². The number of benzene rings is 2. The lowest BCUT2D eigenvalue weighted by Crippen LogP contribution is -2.23. The Morgan fingerprint density at radius 2 is 1.69 bits per heavy atom. The quantitative estimate of drug-likeness (QED) is 0.656. The highest BCUT2D eigenvalue weighted by Gasteiger charge is 2.27. The van der Waals surface area contributed by atoms with Gasteiger partial charge >= 0.3 is 0 Å². The van der Waals surface area contributed by atoms with Gasteiger partial charge in [-0.3, -0.25) is 14.4 Å². The van der Waals surface area contributed by atoms with E-state index in [1.807, 2.05) is 31.2 Å². The van der Waals surface area contributed by atoms with Crippen molar-refractivity contribution in [1.29, 1.82) is 0 Å². The second-order valence-electron chi connectivity index (χ2n) is 6.92. The molecule has 0 radical (unpaired) electrons. The summed E-state index contributed by atoms with van der Waals surface area (Å²) in [5.41, 5.74) is 3.26. The van der Waals surface area contributed by atoms with Crippen LogP contribution in [0.15, 0.2) is 71.7 Å². The third kappa shape index (κ3) is 4.79. The molecular formula is C23H21NO5. The van der Waals surface area contributed by atoms with E-state index in [4.69, 9.17) is 0 Å².